The van der Waals surface area contributed by atoms with Crippen molar-refractivity contribution in [1.82, 2.24) is 5.32 Å². The Labute approximate surface area is 183 Å². The minimum Gasteiger partial charge on any atom is -0.349 e. The summed E-state index contributed by atoms with van der Waals surface area (Å²) in [6, 6.07) is 14.2. The van der Waals surface area contributed by atoms with Crippen LogP contribution >= 0.6 is 11.8 Å². The van der Waals surface area contributed by atoms with Gasteiger partial charge in [-0.3, -0.25) is 9.59 Å². The van der Waals surface area contributed by atoms with Crippen LogP contribution in [0.2, 0.25) is 0 Å². The molecule has 0 bridgehead atoms. The number of fused-ring (bicyclic) bond motifs is 1. The zero-order valence-corrected chi connectivity index (χ0v) is 18.8. The molecule has 2 aromatic rings. The summed E-state index contributed by atoms with van der Waals surface area (Å²) in [5, 5.41) is 3.25. The number of nitrogens with zero attached hydrogens (tertiary/aromatic N) is 1. The Morgan fingerprint density at radius 3 is 2.67 bits per heavy atom. The van der Waals surface area contributed by atoms with Gasteiger partial charge in [0.25, 0.3) is 5.91 Å². The van der Waals surface area contributed by atoms with Gasteiger partial charge < -0.3 is 10.2 Å². The summed E-state index contributed by atoms with van der Waals surface area (Å²) in [6.45, 7) is 7.09. The first-order valence-corrected chi connectivity index (χ1v) is 11.8. The zero-order chi connectivity index (χ0) is 21.3. The van der Waals surface area contributed by atoms with Gasteiger partial charge in [0.15, 0.2) is 0 Å². The number of carbonyl (C=O) groups is 2. The highest BCUT2D eigenvalue weighted by atomic mass is 32.2. The summed E-state index contributed by atoms with van der Waals surface area (Å²) in [5.74, 6) is 1.59. The van der Waals surface area contributed by atoms with Crippen LogP contribution < -0.4 is 10.2 Å². The molecule has 0 radical (unpaired) electrons. The number of nitrogens with one attached hydrogen (secondary N) is 1. The molecule has 2 amide bonds. The third kappa shape index (κ3) is 4.41. The average molecular weight is 423 g/mol. The number of hydrogen-bond donors (Lipinski definition) is 1. The lowest BCUT2D eigenvalue weighted by Gasteiger charge is -2.34. The van der Waals surface area contributed by atoms with Gasteiger partial charge in [-0.15, -0.1) is 11.8 Å². The van der Waals surface area contributed by atoms with Crippen LogP contribution in [0.25, 0.3) is 0 Å². The second-order valence-corrected chi connectivity index (χ2v) is 9.80. The Bertz CT molecular complexity index is 941. The molecule has 1 fully saturated rings. The number of rotatable bonds is 4. The van der Waals surface area contributed by atoms with Crippen LogP contribution in [-0.2, 0) is 11.3 Å². The van der Waals surface area contributed by atoms with E-state index in [1.54, 1.807) is 11.8 Å². The van der Waals surface area contributed by atoms with Crippen molar-refractivity contribution < 1.29 is 9.59 Å². The van der Waals surface area contributed by atoms with Gasteiger partial charge in [-0.2, -0.15) is 0 Å². The van der Waals surface area contributed by atoms with Crippen LogP contribution in [0, 0.1) is 18.8 Å². The molecule has 2 aliphatic rings. The number of carbonyl (C=O) groups excluding carboxylic acids is 2. The Kier molecular flexibility index (Phi) is 6.19. The first-order chi connectivity index (χ1) is 14.4. The van der Waals surface area contributed by atoms with Gasteiger partial charge in [0, 0.05) is 16.5 Å². The summed E-state index contributed by atoms with van der Waals surface area (Å²) < 4.78 is 0. The predicted molar refractivity (Wildman–Crippen MR) is 123 cm³/mol. The van der Waals surface area contributed by atoms with E-state index in [1.807, 2.05) is 23.1 Å². The number of amides is 2. The molecule has 158 valence electrons. The van der Waals surface area contributed by atoms with Gasteiger partial charge in [0.1, 0.15) is 0 Å². The SMILES string of the molecule is Cc1ccc(CN2C(=O)CSc3ccc(C(=O)NC4CCCC(C)C4C)cc32)cc1. The molecule has 1 saturated carbocycles. The molecule has 1 aliphatic carbocycles. The average Bonchev–Trinajstić information content (AvgIpc) is 2.74. The third-order valence-corrected chi connectivity index (χ3v) is 7.70. The molecule has 4 rings (SSSR count). The van der Waals surface area contributed by atoms with E-state index in [1.165, 1.54) is 12.0 Å². The second kappa shape index (κ2) is 8.84. The lowest BCUT2D eigenvalue weighted by Crippen LogP contribution is -2.43. The molecule has 30 heavy (non-hydrogen) atoms. The first-order valence-electron chi connectivity index (χ1n) is 10.9. The van der Waals surface area contributed by atoms with E-state index in [9.17, 15) is 9.59 Å². The highest BCUT2D eigenvalue weighted by molar-refractivity contribution is 8.00. The highest BCUT2D eigenvalue weighted by Gasteiger charge is 2.30. The van der Waals surface area contributed by atoms with E-state index in [-0.39, 0.29) is 17.9 Å². The largest absolute Gasteiger partial charge is 0.349 e. The molecule has 0 spiro atoms. The first kappa shape index (κ1) is 21.0. The van der Waals surface area contributed by atoms with Crippen molar-refractivity contribution in [3.63, 3.8) is 0 Å². The predicted octanol–water partition coefficient (Wildman–Crippen LogP) is 5.19. The molecule has 5 heteroatoms. The number of thioether (sulfide) groups is 1. The van der Waals surface area contributed by atoms with Crippen molar-refractivity contribution in [3.05, 3.63) is 59.2 Å². The lowest BCUT2D eigenvalue weighted by atomic mass is 9.78. The van der Waals surface area contributed by atoms with Gasteiger partial charge in [0.05, 0.1) is 18.0 Å². The van der Waals surface area contributed by atoms with Gasteiger partial charge >= 0.3 is 0 Å². The van der Waals surface area contributed by atoms with Crippen molar-refractivity contribution in [3.8, 4) is 0 Å². The number of anilines is 1. The molecule has 3 unspecified atom stereocenters. The molecule has 3 atom stereocenters. The summed E-state index contributed by atoms with van der Waals surface area (Å²) in [5.41, 5.74) is 3.76. The molecular weight excluding hydrogens is 392 g/mol. The quantitative estimate of drug-likeness (QED) is 0.738. The van der Waals surface area contributed by atoms with Crippen LogP contribution in [0.4, 0.5) is 5.69 Å². The maximum atomic E-state index is 13.0. The number of aryl methyl sites for hydroxylation is 1. The Balaban J connectivity index is 1.56. The maximum absolute atomic E-state index is 13.0. The molecule has 4 nitrogen and oxygen atoms in total. The standard InChI is InChI=1S/C25H30N2O2S/c1-16-7-9-19(10-8-16)14-27-22-13-20(11-12-23(22)30-15-24(27)28)25(29)26-21-6-4-5-17(2)18(21)3/h7-13,17-18,21H,4-6,14-15H2,1-3H3,(H,26,29). The van der Waals surface area contributed by atoms with Gasteiger partial charge in [-0.05, 0) is 48.9 Å². The molecule has 1 heterocycles. The van der Waals surface area contributed by atoms with E-state index in [0.29, 0.717) is 29.7 Å². The summed E-state index contributed by atoms with van der Waals surface area (Å²) in [7, 11) is 0. The Morgan fingerprint density at radius 2 is 1.90 bits per heavy atom. The third-order valence-electron chi connectivity index (χ3n) is 6.65. The molecule has 2 aromatic carbocycles. The molecule has 0 aromatic heterocycles. The van der Waals surface area contributed by atoms with Gasteiger partial charge in [-0.1, -0.05) is 56.5 Å². The Morgan fingerprint density at radius 1 is 1.13 bits per heavy atom. The van der Waals surface area contributed by atoms with Crippen LogP contribution in [0.1, 0.15) is 54.6 Å². The summed E-state index contributed by atoms with van der Waals surface area (Å²) >= 11 is 1.55. The number of hydrogen-bond acceptors (Lipinski definition) is 3. The van der Waals surface area contributed by atoms with Gasteiger partial charge in [-0.25, -0.2) is 0 Å². The van der Waals surface area contributed by atoms with Crippen LogP contribution in [0.3, 0.4) is 0 Å². The molecular formula is C25H30N2O2S. The van der Waals surface area contributed by atoms with Crippen molar-refractivity contribution in [2.75, 3.05) is 10.7 Å². The van der Waals surface area contributed by atoms with Crippen LogP contribution in [0.15, 0.2) is 47.4 Å². The second-order valence-electron chi connectivity index (χ2n) is 8.78. The van der Waals surface area contributed by atoms with E-state index < -0.39 is 0 Å². The topological polar surface area (TPSA) is 49.4 Å². The number of benzene rings is 2. The van der Waals surface area contributed by atoms with Crippen LogP contribution in [-0.4, -0.2) is 23.6 Å². The normalized spacial score (nSPS) is 23.8. The maximum Gasteiger partial charge on any atom is 0.251 e. The van der Waals surface area contributed by atoms with E-state index in [0.717, 1.165) is 29.0 Å². The minimum atomic E-state index is -0.0398. The smallest absolute Gasteiger partial charge is 0.251 e. The van der Waals surface area contributed by atoms with Gasteiger partial charge in [0.2, 0.25) is 5.91 Å². The summed E-state index contributed by atoms with van der Waals surface area (Å²) in [4.78, 5) is 28.6. The molecule has 1 aliphatic heterocycles. The van der Waals surface area contributed by atoms with Crippen molar-refractivity contribution >= 4 is 29.3 Å². The zero-order valence-electron chi connectivity index (χ0n) is 18.0. The summed E-state index contributed by atoms with van der Waals surface area (Å²) in [6.07, 6.45) is 3.44. The van der Waals surface area contributed by atoms with Crippen molar-refractivity contribution in [2.45, 2.75) is 57.5 Å². The highest BCUT2D eigenvalue weighted by Crippen LogP contribution is 2.37. The van der Waals surface area contributed by atoms with Crippen molar-refractivity contribution in [1.29, 1.82) is 0 Å². The fourth-order valence-electron chi connectivity index (χ4n) is 4.43. The van der Waals surface area contributed by atoms with Crippen LogP contribution in [0.5, 0.6) is 0 Å². The fourth-order valence-corrected chi connectivity index (χ4v) is 5.35. The van der Waals surface area contributed by atoms with Crippen molar-refractivity contribution in [2.24, 2.45) is 11.8 Å². The fraction of sp³-hybridized carbons (Fsp3) is 0.440. The Hall–Kier alpha value is -2.27. The van der Waals surface area contributed by atoms with E-state index in [2.05, 4.69) is 50.4 Å². The minimum absolute atomic E-state index is 0.0398. The molecule has 1 N–H and O–H groups in total. The lowest BCUT2D eigenvalue weighted by molar-refractivity contribution is -0.116. The molecule has 0 saturated heterocycles. The van der Waals surface area contributed by atoms with E-state index >= 15 is 0 Å². The van der Waals surface area contributed by atoms with E-state index in [4.69, 9.17) is 0 Å². The monoisotopic (exact) mass is 422 g/mol.